The van der Waals surface area contributed by atoms with Gasteiger partial charge in [0.15, 0.2) is 0 Å². The average molecular weight is 245 g/mol. The summed E-state index contributed by atoms with van der Waals surface area (Å²) in [6.45, 7) is 3.95. The topological polar surface area (TPSA) is 63.3 Å². The number of carboxylic acid groups (broad SMARTS) is 1. The van der Waals surface area contributed by atoms with Crippen LogP contribution in [0.2, 0.25) is 0 Å². The lowest BCUT2D eigenvalue weighted by atomic mass is 10.1. The minimum Gasteiger partial charge on any atom is -0.475 e. The second kappa shape index (κ2) is 5.04. The molecule has 0 aliphatic rings. The highest BCUT2D eigenvalue weighted by Crippen LogP contribution is 2.23. The SMILES string of the molecule is CCCc1nc(-c2cccc(C)c2)oc1C(=O)O. The molecule has 18 heavy (non-hydrogen) atoms. The first-order valence-corrected chi connectivity index (χ1v) is 5.92. The van der Waals surface area contributed by atoms with Crippen molar-refractivity contribution < 1.29 is 14.3 Å². The van der Waals surface area contributed by atoms with Gasteiger partial charge < -0.3 is 9.52 Å². The number of carboxylic acids is 1. The van der Waals surface area contributed by atoms with Gasteiger partial charge in [0, 0.05) is 5.56 Å². The van der Waals surface area contributed by atoms with Gasteiger partial charge in [0.05, 0.1) is 5.69 Å². The maximum Gasteiger partial charge on any atom is 0.373 e. The largest absolute Gasteiger partial charge is 0.475 e. The second-order valence-electron chi connectivity index (χ2n) is 4.22. The molecule has 2 rings (SSSR count). The van der Waals surface area contributed by atoms with Gasteiger partial charge in [0.1, 0.15) is 0 Å². The first-order valence-electron chi connectivity index (χ1n) is 5.92. The Balaban J connectivity index is 2.46. The molecular weight excluding hydrogens is 230 g/mol. The van der Waals surface area contributed by atoms with Crippen molar-refractivity contribution in [1.82, 2.24) is 4.98 Å². The monoisotopic (exact) mass is 245 g/mol. The van der Waals surface area contributed by atoms with E-state index in [1.54, 1.807) is 0 Å². The summed E-state index contributed by atoms with van der Waals surface area (Å²) < 4.78 is 5.36. The normalized spacial score (nSPS) is 10.6. The summed E-state index contributed by atoms with van der Waals surface area (Å²) >= 11 is 0. The molecule has 1 aromatic carbocycles. The Hall–Kier alpha value is -2.10. The van der Waals surface area contributed by atoms with Crippen LogP contribution in [-0.2, 0) is 6.42 Å². The maximum atomic E-state index is 11.1. The van der Waals surface area contributed by atoms with Gasteiger partial charge in [0.25, 0.3) is 0 Å². The average Bonchev–Trinajstić information content (AvgIpc) is 2.74. The Labute approximate surface area is 105 Å². The van der Waals surface area contributed by atoms with E-state index in [-0.39, 0.29) is 5.76 Å². The summed E-state index contributed by atoms with van der Waals surface area (Å²) in [7, 11) is 0. The van der Waals surface area contributed by atoms with Gasteiger partial charge in [-0.3, -0.25) is 0 Å². The number of aromatic carboxylic acids is 1. The molecule has 0 saturated carbocycles. The predicted octanol–water partition coefficient (Wildman–Crippen LogP) is 3.30. The van der Waals surface area contributed by atoms with Gasteiger partial charge in [0.2, 0.25) is 11.7 Å². The molecule has 0 amide bonds. The van der Waals surface area contributed by atoms with Gasteiger partial charge in [-0.1, -0.05) is 31.0 Å². The molecule has 94 valence electrons. The van der Waals surface area contributed by atoms with Crippen LogP contribution in [0.3, 0.4) is 0 Å². The summed E-state index contributed by atoms with van der Waals surface area (Å²) in [5.41, 5.74) is 2.40. The Kier molecular flexibility index (Phi) is 3.46. The number of hydrogen-bond donors (Lipinski definition) is 1. The first kappa shape index (κ1) is 12.4. The zero-order valence-electron chi connectivity index (χ0n) is 10.4. The molecule has 0 spiro atoms. The van der Waals surface area contributed by atoms with Crippen molar-refractivity contribution >= 4 is 5.97 Å². The Morgan fingerprint density at radius 3 is 2.83 bits per heavy atom. The molecule has 1 aromatic heterocycles. The molecule has 0 aliphatic carbocycles. The van der Waals surface area contributed by atoms with Crippen molar-refractivity contribution in [2.75, 3.05) is 0 Å². The van der Waals surface area contributed by atoms with E-state index in [1.807, 2.05) is 38.1 Å². The maximum absolute atomic E-state index is 11.1. The molecule has 0 fully saturated rings. The Bertz CT molecular complexity index is 572. The third kappa shape index (κ3) is 2.42. The van der Waals surface area contributed by atoms with E-state index in [9.17, 15) is 4.79 Å². The number of benzene rings is 1. The molecule has 4 nitrogen and oxygen atoms in total. The number of aryl methyl sites for hydroxylation is 2. The zero-order valence-corrected chi connectivity index (χ0v) is 10.4. The number of nitrogens with zero attached hydrogens (tertiary/aromatic N) is 1. The van der Waals surface area contributed by atoms with Gasteiger partial charge >= 0.3 is 5.97 Å². The van der Waals surface area contributed by atoms with Crippen LogP contribution in [0, 0.1) is 6.92 Å². The number of oxazole rings is 1. The van der Waals surface area contributed by atoms with Crippen LogP contribution in [-0.4, -0.2) is 16.1 Å². The molecule has 2 aromatic rings. The molecule has 1 heterocycles. The zero-order chi connectivity index (χ0) is 13.1. The summed E-state index contributed by atoms with van der Waals surface area (Å²) in [5.74, 6) is -0.738. The summed E-state index contributed by atoms with van der Waals surface area (Å²) in [4.78, 5) is 15.4. The van der Waals surface area contributed by atoms with E-state index in [1.165, 1.54) is 0 Å². The van der Waals surface area contributed by atoms with Crippen molar-refractivity contribution in [3.05, 3.63) is 41.3 Å². The molecule has 0 aliphatic heterocycles. The quantitative estimate of drug-likeness (QED) is 0.897. The smallest absolute Gasteiger partial charge is 0.373 e. The number of aromatic nitrogens is 1. The molecule has 0 radical (unpaired) electrons. The highest BCUT2D eigenvalue weighted by Gasteiger charge is 2.19. The van der Waals surface area contributed by atoms with Crippen LogP contribution in [0.15, 0.2) is 28.7 Å². The van der Waals surface area contributed by atoms with Crippen molar-refractivity contribution in [2.45, 2.75) is 26.7 Å². The van der Waals surface area contributed by atoms with Gasteiger partial charge in [-0.15, -0.1) is 0 Å². The van der Waals surface area contributed by atoms with E-state index >= 15 is 0 Å². The van der Waals surface area contributed by atoms with Crippen LogP contribution >= 0.6 is 0 Å². The minimum atomic E-state index is -1.06. The molecular formula is C14H15NO3. The molecule has 1 N–H and O–H groups in total. The first-order chi connectivity index (χ1) is 8.61. The van der Waals surface area contributed by atoms with E-state index in [0.29, 0.717) is 18.0 Å². The highest BCUT2D eigenvalue weighted by molar-refractivity contribution is 5.86. The highest BCUT2D eigenvalue weighted by atomic mass is 16.4. The summed E-state index contributed by atoms with van der Waals surface area (Å²) in [5, 5.41) is 9.07. The fraction of sp³-hybridized carbons (Fsp3) is 0.286. The Morgan fingerprint density at radius 1 is 1.44 bits per heavy atom. The molecule has 0 unspecified atom stereocenters. The number of carbonyl (C=O) groups is 1. The van der Waals surface area contributed by atoms with Crippen molar-refractivity contribution in [3.8, 4) is 11.5 Å². The number of rotatable bonds is 4. The van der Waals surface area contributed by atoms with Crippen LogP contribution < -0.4 is 0 Å². The van der Waals surface area contributed by atoms with Crippen LogP contribution in [0.1, 0.15) is 35.2 Å². The van der Waals surface area contributed by atoms with Crippen molar-refractivity contribution in [3.63, 3.8) is 0 Å². The standard InChI is InChI=1S/C14H15NO3/c1-3-5-11-12(14(16)17)18-13(15-11)10-7-4-6-9(2)8-10/h4,6-8H,3,5H2,1-2H3,(H,16,17). The second-order valence-corrected chi connectivity index (χ2v) is 4.22. The lowest BCUT2D eigenvalue weighted by molar-refractivity contribution is 0.0661. The lowest BCUT2D eigenvalue weighted by Crippen LogP contribution is -1.99. The summed E-state index contributed by atoms with van der Waals surface area (Å²) in [6, 6.07) is 7.65. The molecule has 0 atom stereocenters. The minimum absolute atomic E-state index is 0.0478. The van der Waals surface area contributed by atoms with Crippen LogP contribution in [0.5, 0.6) is 0 Å². The van der Waals surface area contributed by atoms with Crippen molar-refractivity contribution in [2.24, 2.45) is 0 Å². The van der Waals surface area contributed by atoms with Crippen molar-refractivity contribution in [1.29, 1.82) is 0 Å². The molecule has 0 saturated heterocycles. The summed E-state index contributed by atoms with van der Waals surface area (Å²) in [6.07, 6.45) is 1.44. The number of hydrogen-bond acceptors (Lipinski definition) is 3. The van der Waals surface area contributed by atoms with Crippen LogP contribution in [0.25, 0.3) is 11.5 Å². The Morgan fingerprint density at radius 2 is 2.22 bits per heavy atom. The molecule has 4 heteroatoms. The fourth-order valence-electron chi connectivity index (χ4n) is 1.83. The lowest BCUT2D eigenvalue weighted by Gasteiger charge is -1.96. The van der Waals surface area contributed by atoms with Gasteiger partial charge in [-0.2, -0.15) is 0 Å². The third-order valence-electron chi connectivity index (χ3n) is 2.64. The van der Waals surface area contributed by atoms with E-state index in [0.717, 1.165) is 17.5 Å². The predicted molar refractivity (Wildman–Crippen MR) is 67.6 cm³/mol. The van der Waals surface area contributed by atoms with Gasteiger partial charge in [-0.05, 0) is 25.5 Å². The van der Waals surface area contributed by atoms with E-state index in [2.05, 4.69) is 4.98 Å². The van der Waals surface area contributed by atoms with Gasteiger partial charge in [-0.25, -0.2) is 9.78 Å². The third-order valence-corrected chi connectivity index (χ3v) is 2.64. The van der Waals surface area contributed by atoms with E-state index < -0.39 is 5.97 Å². The molecule has 0 bridgehead atoms. The van der Waals surface area contributed by atoms with E-state index in [4.69, 9.17) is 9.52 Å². The van der Waals surface area contributed by atoms with Crippen LogP contribution in [0.4, 0.5) is 0 Å². The fourth-order valence-corrected chi connectivity index (χ4v) is 1.83.